The van der Waals surface area contributed by atoms with Crippen molar-refractivity contribution in [2.24, 2.45) is 0 Å². The number of hydrogen-bond donors (Lipinski definition) is 2. The summed E-state index contributed by atoms with van der Waals surface area (Å²) in [4.78, 5) is 16.6. The van der Waals surface area contributed by atoms with Crippen LogP contribution in [0.1, 0.15) is 22.0 Å². The molecule has 0 saturated heterocycles. The minimum atomic E-state index is -0.896. The Kier molecular flexibility index (Phi) is 4.88. The molecule has 0 radical (unpaired) electrons. The molecule has 2 aromatic heterocycles. The van der Waals surface area contributed by atoms with E-state index in [4.69, 9.17) is 11.6 Å². The molecule has 1 atom stereocenters. The smallest absolute Gasteiger partial charge is 0.255 e. The highest BCUT2D eigenvalue weighted by molar-refractivity contribution is 6.31. The van der Waals surface area contributed by atoms with Gasteiger partial charge in [0.1, 0.15) is 0 Å². The number of aliphatic hydroxyl groups is 1. The van der Waals surface area contributed by atoms with Crippen LogP contribution in [0, 0.1) is 0 Å². The summed E-state index contributed by atoms with van der Waals surface area (Å²) in [7, 11) is 0. The second-order valence-corrected chi connectivity index (χ2v) is 5.48. The zero-order valence-electron chi connectivity index (χ0n) is 12.6. The molecule has 0 spiro atoms. The minimum absolute atomic E-state index is 0.0377. The Balaban J connectivity index is 1.74. The molecule has 2 heterocycles. The fourth-order valence-corrected chi connectivity index (χ4v) is 2.55. The first-order valence-corrected chi connectivity index (χ1v) is 7.70. The van der Waals surface area contributed by atoms with E-state index in [2.05, 4.69) is 15.4 Å². The summed E-state index contributed by atoms with van der Waals surface area (Å²) in [6, 6.07) is 12.1. The number of rotatable bonds is 5. The van der Waals surface area contributed by atoms with Crippen LogP contribution in [0.25, 0.3) is 5.82 Å². The summed E-state index contributed by atoms with van der Waals surface area (Å²) < 4.78 is 1.51. The van der Waals surface area contributed by atoms with Crippen molar-refractivity contribution < 1.29 is 9.90 Å². The summed E-state index contributed by atoms with van der Waals surface area (Å²) in [6.07, 6.45) is 4.01. The first kappa shape index (κ1) is 16.2. The SMILES string of the molecule is O=C(NCC(O)c1ccccc1Cl)c1cccnc1-n1cccn1. The van der Waals surface area contributed by atoms with Crippen LogP contribution in [0.5, 0.6) is 0 Å². The Morgan fingerprint density at radius 3 is 2.79 bits per heavy atom. The molecular formula is C17H15ClN4O2. The van der Waals surface area contributed by atoms with Crippen LogP contribution < -0.4 is 5.32 Å². The lowest BCUT2D eigenvalue weighted by Crippen LogP contribution is -2.29. The van der Waals surface area contributed by atoms with Gasteiger partial charge in [0.15, 0.2) is 5.82 Å². The van der Waals surface area contributed by atoms with Crippen molar-refractivity contribution in [1.29, 1.82) is 0 Å². The monoisotopic (exact) mass is 342 g/mol. The summed E-state index contributed by atoms with van der Waals surface area (Å²) in [5.41, 5.74) is 0.936. The molecule has 2 N–H and O–H groups in total. The van der Waals surface area contributed by atoms with Gasteiger partial charge in [0, 0.05) is 35.7 Å². The Hall–Kier alpha value is -2.70. The van der Waals surface area contributed by atoms with Gasteiger partial charge in [-0.2, -0.15) is 5.10 Å². The number of nitrogens with zero attached hydrogens (tertiary/aromatic N) is 3. The molecule has 0 aliphatic carbocycles. The zero-order valence-corrected chi connectivity index (χ0v) is 13.4. The Morgan fingerprint density at radius 2 is 2.04 bits per heavy atom. The highest BCUT2D eigenvalue weighted by Gasteiger charge is 2.16. The first-order chi connectivity index (χ1) is 11.7. The fraction of sp³-hybridized carbons (Fsp3) is 0.118. The van der Waals surface area contributed by atoms with Gasteiger partial charge in [-0.15, -0.1) is 0 Å². The number of aromatic nitrogens is 3. The van der Waals surface area contributed by atoms with E-state index in [9.17, 15) is 9.90 Å². The Bertz CT molecular complexity index is 836. The molecule has 122 valence electrons. The van der Waals surface area contributed by atoms with Crippen LogP contribution in [0.3, 0.4) is 0 Å². The molecule has 24 heavy (non-hydrogen) atoms. The van der Waals surface area contributed by atoms with Gasteiger partial charge in [-0.1, -0.05) is 29.8 Å². The lowest BCUT2D eigenvalue weighted by molar-refractivity contribution is 0.0916. The van der Waals surface area contributed by atoms with Crippen molar-refractivity contribution in [3.63, 3.8) is 0 Å². The third-order valence-corrected chi connectivity index (χ3v) is 3.82. The van der Waals surface area contributed by atoms with Crippen LogP contribution in [-0.2, 0) is 0 Å². The van der Waals surface area contributed by atoms with Crippen molar-refractivity contribution in [1.82, 2.24) is 20.1 Å². The van der Waals surface area contributed by atoms with E-state index in [1.54, 1.807) is 61.1 Å². The van der Waals surface area contributed by atoms with Crippen molar-refractivity contribution in [2.75, 3.05) is 6.54 Å². The first-order valence-electron chi connectivity index (χ1n) is 7.32. The summed E-state index contributed by atoms with van der Waals surface area (Å²) in [5, 5.41) is 17.5. The predicted molar refractivity (Wildman–Crippen MR) is 90.1 cm³/mol. The topological polar surface area (TPSA) is 80.0 Å². The fourth-order valence-electron chi connectivity index (χ4n) is 2.29. The van der Waals surface area contributed by atoms with Crippen molar-refractivity contribution in [3.05, 3.63) is 77.2 Å². The number of hydrogen-bond acceptors (Lipinski definition) is 4. The second-order valence-electron chi connectivity index (χ2n) is 5.07. The second kappa shape index (κ2) is 7.25. The molecule has 1 unspecified atom stereocenters. The molecule has 0 aliphatic rings. The van der Waals surface area contributed by atoms with Gasteiger partial charge in [-0.05, 0) is 24.3 Å². The van der Waals surface area contributed by atoms with Gasteiger partial charge in [0.05, 0.1) is 11.7 Å². The number of halogens is 1. The maximum absolute atomic E-state index is 12.4. The van der Waals surface area contributed by atoms with Gasteiger partial charge in [-0.25, -0.2) is 9.67 Å². The zero-order chi connectivity index (χ0) is 16.9. The van der Waals surface area contributed by atoms with E-state index < -0.39 is 6.10 Å². The average Bonchev–Trinajstić information content (AvgIpc) is 3.14. The van der Waals surface area contributed by atoms with E-state index >= 15 is 0 Å². The Labute approximate surface area is 143 Å². The van der Waals surface area contributed by atoms with Gasteiger partial charge < -0.3 is 10.4 Å². The Morgan fingerprint density at radius 1 is 1.21 bits per heavy atom. The van der Waals surface area contributed by atoms with Crippen LogP contribution in [0.2, 0.25) is 5.02 Å². The quantitative estimate of drug-likeness (QED) is 0.746. The molecule has 1 amide bonds. The molecule has 0 fully saturated rings. The van der Waals surface area contributed by atoms with Gasteiger partial charge in [0.25, 0.3) is 5.91 Å². The number of carbonyl (C=O) groups is 1. The van der Waals surface area contributed by atoms with E-state index in [1.165, 1.54) is 4.68 Å². The normalized spacial score (nSPS) is 11.9. The molecule has 7 heteroatoms. The van der Waals surface area contributed by atoms with Crippen molar-refractivity contribution in [3.8, 4) is 5.82 Å². The molecule has 3 rings (SSSR count). The third kappa shape index (κ3) is 3.45. The minimum Gasteiger partial charge on any atom is -0.387 e. The lowest BCUT2D eigenvalue weighted by Gasteiger charge is -2.14. The summed E-state index contributed by atoms with van der Waals surface area (Å²) >= 11 is 6.05. The van der Waals surface area contributed by atoms with E-state index in [-0.39, 0.29) is 12.5 Å². The maximum atomic E-state index is 12.4. The highest BCUT2D eigenvalue weighted by atomic mass is 35.5. The molecule has 6 nitrogen and oxygen atoms in total. The predicted octanol–water partition coefficient (Wildman–Crippen LogP) is 2.38. The lowest BCUT2D eigenvalue weighted by atomic mass is 10.1. The number of pyridine rings is 1. The number of nitrogens with one attached hydrogen (secondary N) is 1. The number of carbonyl (C=O) groups excluding carboxylic acids is 1. The maximum Gasteiger partial charge on any atom is 0.255 e. The summed E-state index contributed by atoms with van der Waals surface area (Å²) in [6.45, 7) is 0.0377. The highest BCUT2D eigenvalue weighted by Crippen LogP contribution is 2.22. The number of benzene rings is 1. The molecule has 1 aromatic carbocycles. The van der Waals surface area contributed by atoms with Crippen LogP contribution in [0.15, 0.2) is 61.1 Å². The van der Waals surface area contributed by atoms with E-state index in [0.29, 0.717) is 22.0 Å². The molecule has 0 aliphatic heterocycles. The largest absolute Gasteiger partial charge is 0.387 e. The van der Waals surface area contributed by atoms with Crippen LogP contribution >= 0.6 is 11.6 Å². The molecular weight excluding hydrogens is 328 g/mol. The number of amides is 1. The van der Waals surface area contributed by atoms with Crippen molar-refractivity contribution in [2.45, 2.75) is 6.10 Å². The van der Waals surface area contributed by atoms with Gasteiger partial charge >= 0.3 is 0 Å². The standard InChI is InChI=1S/C17H15ClN4O2/c18-14-7-2-1-5-12(14)15(23)11-20-17(24)13-6-3-8-19-16(13)22-10-4-9-21-22/h1-10,15,23H,11H2,(H,20,24). The summed E-state index contributed by atoms with van der Waals surface area (Å²) in [5.74, 6) is 0.0759. The van der Waals surface area contributed by atoms with E-state index in [0.717, 1.165) is 0 Å². The van der Waals surface area contributed by atoms with Crippen LogP contribution in [0.4, 0.5) is 0 Å². The molecule has 0 bridgehead atoms. The van der Waals surface area contributed by atoms with Crippen LogP contribution in [-0.4, -0.2) is 32.3 Å². The van der Waals surface area contributed by atoms with E-state index in [1.807, 2.05) is 0 Å². The molecule has 3 aromatic rings. The van der Waals surface area contributed by atoms with Gasteiger partial charge in [0.2, 0.25) is 0 Å². The van der Waals surface area contributed by atoms with Crippen molar-refractivity contribution >= 4 is 17.5 Å². The average molecular weight is 343 g/mol. The number of aliphatic hydroxyl groups excluding tert-OH is 1. The van der Waals surface area contributed by atoms with Gasteiger partial charge in [-0.3, -0.25) is 4.79 Å². The molecule has 0 saturated carbocycles. The third-order valence-electron chi connectivity index (χ3n) is 3.47.